The van der Waals surface area contributed by atoms with Gasteiger partial charge in [-0.2, -0.15) is 0 Å². The molecule has 1 aromatic heterocycles. The maximum Gasteiger partial charge on any atom is 0.306 e. The number of anilines is 1. The summed E-state index contributed by atoms with van der Waals surface area (Å²) >= 11 is 1.50. The van der Waals surface area contributed by atoms with E-state index in [-0.39, 0.29) is 23.4 Å². The van der Waals surface area contributed by atoms with Gasteiger partial charge in [-0.1, -0.05) is 44.7 Å². The van der Waals surface area contributed by atoms with Gasteiger partial charge in [-0.3, -0.25) is 9.59 Å². The number of aryl methyl sites for hydroxylation is 2. The number of nitrogens with zero attached hydrogens (tertiary/aromatic N) is 1. The number of benzene rings is 1. The molecule has 2 aromatic rings. The molecule has 2 saturated carbocycles. The lowest BCUT2D eigenvalue weighted by atomic mass is 9.53. The quantitative estimate of drug-likeness (QED) is 0.127. The third kappa shape index (κ3) is 7.53. The number of unbranched alkanes of at least 4 members (excludes halogenated alkanes) is 6. The second kappa shape index (κ2) is 14.4. The molecule has 2 fully saturated rings. The van der Waals surface area contributed by atoms with Gasteiger partial charge in [0.05, 0.1) is 0 Å². The number of hydrogen-bond donors (Lipinski definition) is 2. The summed E-state index contributed by atoms with van der Waals surface area (Å²) in [5.74, 6) is 1.98. The third-order valence-electron chi connectivity index (χ3n) is 10.7. The number of allylic oxidation sites excluding steroid dienone is 1. The summed E-state index contributed by atoms with van der Waals surface area (Å²) in [7, 11) is 0. The van der Waals surface area contributed by atoms with Crippen LogP contribution >= 0.6 is 11.3 Å². The molecule has 0 radical (unpaired) electrons. The number of hydrogen-bond acceptors (Lipinski definition) is 6. The Kier molecular flexibility index (Phi) is 10.6. The number of aromatic hydroxyl groups is 1. The number of phenolic OH excluding ortho intramolecular Hbond substituents is 1. The van der Waals surface area contributed by atoms with Crippen molar-refractivity contribution in [1.82, 2.24) is 4.98 Å². The Bertz CT molecular complexity index is 1270. The van der Waals surface area contributed by atoms with E-state index in [9.17, 15) is 14.7 Å². The number of carbonyl (C=O) groups is 2. The highest BCUT2D eigenvalue weighted by atomic mass is 32.1. The van der Waals surface area contributed by atoms with E-state index in [1.165, 1.54) is 48.1 Å². The Morgan fingerprint density at radius 1 is 1.16 bits per heavy atom. The fourth-order valence-electron chi connectivity index (χ4n) is 8.67. The molecule has 4 unspecified atom stereocenters. The van der Waals surface area contributed by atoms with Crippen molar-refractivity contribution in [1.29, 1.82) is 0 Å². The standard InChI is InChI=1S/C36H50N2O4S/c1-4-5-6-7-8-9-10-11-12-33(41)42-31-22-26(14-18-32(40)38-35-37-23-24(2)43-35)34-30-16-13-25-21-27(39)15-17-28(25)29(30)19-20-36(31,34)3/h4,15,17,21,23,26,29-31,34,39H,1,5-14,16,18-20,22H2,2-3H3,(H,37,38,40)/t26-,29?,30?,31?,34?,36-/m1/s1. The van der Waals surface area contributed by atoms with Gasteiger partial charge in [0.15, 0.2) is 5.13 Å². The van der Waals surface area contributed by atoms with Crippen LogP contribution in [0.5, 0.6) is 5.75 Å². The van der Waals surface area contributed by atoms with E-state index >= 15 is 0 Å². The molecule has 43 heavy (non-hydrogen) atoms. The molecule has 0 aliphatic heterocycles. The first-order valence-electron chi connectivity index (χ1n) is 16.6. The van der Waals surface area contributed by atoms with Crippen LogP contribution in [0.4, 0.5) is 5.13 Å². The van der Waals surface area contributed by atoms with E-state index in [2.05, 4.69) is 29.9 Å². The number of amides is 1. The van der Waals surface area contributed by atoms with Crippen LogP contribution in [-0.2, 0) is 20.7 Å². The number of nitrogens with one attached hydrogen (secondary N) is 1. The van der Waals surface area contributed by atoms with Crippen LogP contribution in [0, 0.1) is 30.1 Å². The monoisotopic (exact) mass is 606 g/mol. The predicted octanol–water partition coefficient (Wildman–Crippen LogP) is 8.88. The number of carbonyl (C=O) groups excluding carboxylic acids is 2. The number of aromatic nitrogens is 1. The minimum atomic E-state index is -0.0965. The number of phenols is 1. The normalized spacial score (nSPS) is 27.5. The highest BCUT2D eigenvalue weighted by Gasteiger charge is 2.59. The van der Waals surface area contributed by atoms with E-state index in [4.69, 9.17) is 4.74 Å². The van der Waals surface area contributed by atoms with Crippen molar-refractivity contribution in [2.24, 2.45) is 23.2 Å². The molecule has 6 nitrogen and oxygen atoms in total. The largest absolute Gasteiger partial charge is 0.508 e. The Labute approximate surface area is 261 Å². The number of thiazole rings is 1. The Morgan fingerprint density at radius 3 is 2.72 bits per heavy atom. The van der Waals surface area contributed by atoms with Crippen molar-refractivity contribution >= 4 is 28.3 Å². The van der Waals surface area contributed by atoms with Gasteiger partial charge in [0.25, 0.3) is 0 Å². The lowest BCUT2D eigenvalue weighted by molar-refractivity contribution is -0.157. The highest BCUT2D eigenvalue weighted by Crippen LogP contribution is 2.64. The van der Waals surface area contributed by atoms with Gasteiger partial charge in [-0.25, -0.2) is 4.98 Å². The molecular weight excluding hydrogens is 556 g/mol. The summed E-state index contributed by atoms with van der Waals surface area (Å²) in [5, 5.41) is 13.8. The van der Waals surface area contributed by atoms with Crippen LogP contribution in [0.25, 0.3) is 0 Å². The molecule has 0 bridgehead atoms. The fraction of sp³-hybridized carbons (Fsp3) is 0.639. The molecule has 1 amide bonds. The zero-order chi connectivity index (χ0) is 30.4. The van der Waals surface area contributed by atoms with E-state index in [1.54, 1.807) is 6.20 Å². The van der Waals surface area contributed by atoms with Crippen molar-refractivity contribution in [2.75, 3.05) is 5.32 Å². The number of ether oxygens (including phenoxy) is 1. The van der Waals surface area contributed by atoms with Crippen molar-refractivity contribution in [3.05, 3.63) is 53.1 Å². The van der Waals surface area contributed by atoms with Crippen LogP contribution in [-0.4, -0.2) is 28.1 Å². The molecule has 1 aromatic carbocycles. The van der Waals surface area contributed by atoms with E-state index in [0.717, 1.165) is 62.7 Å². The zero-order valence-electron chi connectivity index (χ0n) is 26.1. The molecule has 3 aliphatic rings. The molecule has 234 valence electrons. The molecular formula is C36H50N2O4S. The molecule has 1 heterocycles. The SMILES string of the molecule is C=CCCCCCCCCC(=O)OC1C[C@@H](CCC(=O)Nc2ncc(C)s2)C2C3CCc4cc(O)ccc4C3CC[C@]12C. The van der Waals surface area contributed by atoms with Gasteiger partial charge in [-0.15, -0.1) is 17.9 Å². The minimum Gasteiger partial charge on any atom is -0.508 e. The maximum atomic E-state index is 13.1. The van der Waals surface area contributed by atoms with E-state index in [1.807, 2.05) is 25.1 Å². The van der Waals surface area contributed by atoms with Crippen molar-refractivity contribution in [3.63, 3.8) is 0 Å². The first-order chi connectivity index (χ1) is 20.8. The summed E-state index contributed by atoms with van der Waals surface area (Å²) in [5.41, 5.74) is 2.59. The van der Waals surface area contributed by atoms with Gasteiger partial charge in [0.1, 0.15) is 11.9 Å². The lowest BCUT2D eigenvalue weighted by Crippen LogP contribution is -2.46. The summed E-state index contributed by atoms with van der Waals surface area (Å²) < 4.78 is 6.35. The number of rotatable bonds is 14. The van der Waals surface area contributed by atoms with E-state index in [0.29, 0.717) is 47.4 Å². The van der Waals surface area contributed by atoms with Crippen LogP contribution in [0.15, 0.2) is 37.1 Å². The van der Waals surface area contributed by atoms with E-state index < -0.39 is 0 Å². The summed E-state index contributed by atoms with van der Waals surface area (Å²) in [4.78, 5) is 31.4. The smallest absolute Gasteiger partial charge is 0.306 e. The molecule has 3 aliphatic carbocycles. The second-order valence-corrected chi connectivity index (χ2v) is 14.8. The number of fused-ring (bicyclic) bond motifs is 5. The Morgan fingerprint density at radius 2 is 1.95 bits per heavy atom. The van der Waals surface area contributed by atoms with Crippen molar-refractivity contribution < 1.29 is 19.4 Å². The van der Waals surface area contributed by atoms with Gasteiger partial charge in [0.2, 0.25) is 5.91 Å². The molecule has 0 spiro atoms. The van der Waals surface area contributed by atoms with Gasteiger partial charge < -0.3 is 15.2 Å². The summed E-state index contributed by atoms with van der Waals surface area (Å²) in [6.45, 7) is 8.14. The topological polar surface area (TPSA) is 88.5 Å². The van der Waals surface area contributed by atoms with Crippen LogP contribution < -0.4 is 5.32 Å². The zero-order valence-corrected chi connectivity index (χ0v) is 26.9. The van der Waals surface area contributed by atoms with Gasteiger partial charge in [0, 0.05) is 29.3 Å². The van der Waals surface area contributed by atoms with Crippen molar-refractivity contribution in [3.8, 4) is 5.75 Å². The first-order valence-corrected chi connectivity index (χ1v) is 17.4. The molecule has 0 saturated heterocycles. The fourth-order valence-corrected chi connectivity index (χ4v) is 9.35. The second-order valence-electron chi connectivity index (χ2n) is 13.5. The minimum absolute atomic E-state index is 0.0119. The van der Waals surface area contributed by atoms with Gasteiger partial charge in [-0.05, 0) is 112 Å². The maximum absolute atomic E-state index is 13.1. The molecule has 2 N–H and O–H groups in total. The summed E-state index contributed by atoms with van der Waals surface area (Å²) in [6.07, 6.45) is 18.3. The van der Waals surface area contributed by atoms with Crippen LogP contribution in [0.3, 0.4) is 0 Å². The highest BCUT2D eigenvalue weighted by molar-refractivity contribution is 7.15. The number of esters is 1. The lowest BCUT2D eigenvalue weighted by Gasteiger charge is -2.51. The average molecular weight is 607 g/mol. The third-order valence-corrected chi connectivity index (χ3v) is 11.5. The molecule has 6 atom stereocenters. The van der Waals surface area contributed by atoms with Gasteiger partial charge >= 0.3 is 5.97 Å². The first kappa shape index (κ1) is 31.7. The average Bonchev–Trinajstić information content (AvgIpc) is 3.52. The Balaban J connectivity index is 1.24. The van der Waals surface area contributed by atoms with Crippen molar-refractivity contribution in [2.45, 2.75) is 122 Å². The Hall–Kier alpha value is -2.67. The molecule has 7 heteroatoms. The van der Waals surface area contributed by atoms with Crippen LogP contribution in [0.2, 0.25) is 0 Å². The van der Waals surface area contributed by atoms with Crippen LogP contribution in [0.1, 0.15) is 119 Å². The summed E-state index contributed by atoms with van der Waals surface area (Å²) in [6, 6.07) is 5.91. The molecule has 5 rings (SSSR count). The predicted molar refractivity (Wildman–Crippen MR) is 173 cm³/mol.